The summed E-state index contributed by atoms with van der Waals surface area (Å²) in [6, 6.07) is 18.5. The Morgan fingerprint density at radius 1 is 0.968 bits per heavy atom. The molecule has 0 radical (unpaired) electrons. The van der Waals surface area contributed by atoms with E-state index in [1.807, 2.05) is 42.5 Å². The Labute approximate surface area is 176 Å². The van der Waals surface area contributed by atoms with Crippen LogP contribution in [0.4, 0.5) is 0 Å². The van der Waals surface area contributed by atoms with Gasteiger partial charge < -0.3 is 25.0 Å². The lowest BCUT2D eigenvalue weighted by molar-refractivity contribution is -0.135. The van der Waals surface area contributed by atoms with Crippen LogP contribution in [0.5, 0.6) is 23.1 Å². The minimum Gasteiger partial charge on any atom is -0.505 e. The predicted molar refractivity (Wildman–Crippen MR) is 114 cm³/mol. The number of fused-ring (bicyclic) bond motifs is 2. The van der Waals surface area contributed by atoms with Crippen molar-refractivity contribution in [3.8, 4) is 23.1 Å². The first-order valence-electron chi connectivity index (χ1n) is 9.33. The Bertz CT molecular complexity index is 1320. The third-order valence-corrected chi connectivity index (χ3v) is 4.68. The minimum absolute atomic E-state index is 0.0947. The van der Waals surface area contributed by atoms with E-state index >= 15 is 0 Å². The van der Waals surface area contributed by atoms with E-state index in [2.05, 4.69) is 10.3 Å². The molecule has 1 amide bonds. The zero-order valence-corrected chi connectivity index (χ0v) is 16.5. The maximum absolute atomic E-state index is 12.2. The molecule has 1 aromatic heterocycles. The average molecular weight is 418 g/mol. The van der Waals surface area contributed by atoms with Gasteiger partial charge >= 0.3 is 5.97 Å². The van der Waals surface area contributed by atoms with Crippen LogP contribution in [0.3, 0.4) is 0 Å². The van der Waals surface area contributed by atoms with Gasteiger partial charge in [-0.2, -0.15) is 0 Å². The van der Waals surface area contributed by atoms with Crippen molar-refractivity contribution in [2.24, 2.45) is 0 Å². The number of nitrogens with zero attached hydrogens (tertiary/aromatic N) is 1. The quantitative estimate of drug-likeness (QED) is 0.437. The van der Waals surface area contributed by atoms with Gasteiger partial charge in [-0.25, -0.2) is 4.98 Å². The van der Waals surface area contributed by atoms with Crippen molar-refractivity contribution in [1.29, 1.82) is 0 Å². The van der Waals surface area contributed by atoms with E-state index in [9.17, 15) is 14.7 Å². The molecule has 0 aliphatic carbocycles. The second-order valence-electron chi connectivity index (χ2n) is 6.71. The highest BCUT2D eigenvalue weighted by Gasteiger charge is 2.20. The predicted octanol–water partition coefficient (Wildman–Crippen LogP) is 3.71. The molecule has 8 heteroatoms. The standard InChI is InChI=1S/C23H18N2O6/c1-30-23-18-11-16(31-15-7-6-13-4-2-3-5-14(13)10-15)8-9-17(18)21(28)20(25-23)22(29)24-12-19(26)27/h2-11,28H,12H2,1H3,(H,24,29)(H,26,27). The number of carboxylic acid groups (broad SMARTS) is 1. The Morgan fingerprint density at radius 3 is 2.42 bits per heavy atom. The van der Waals surface area contributed by atoms with E-state index in [0.29, 0.717) is 22.3 Å². The topological polar surface area (TPSA) is 118 Å². The summed E-state index contributed by atoms with van der Waals surface area (Å²) in [5, 5.41) is 24.3. The summed E-state index contributed by atoms with van der Waals surface area (Å²) in [5.41, 5.74) is -0.325. The van der Waals surface area contributed by atoms with Crippen LogP contribution in [0.25, 0.3) is 21.5 Å². The van der Waals surface area contributed by atoms with E-state index in [0.717, 1.165) is 10.8 Å². The number of ether oxygens (including phenoxy) is 2. The van der Waals surface area contributed by atoms with Crippen molar-refractivity contribution in [3.05, 3.63) is 66.4 Å². The lowest BCUT2D eigenvalue weighted by Gasteiger charge is -2.13. The number of amides is 1. The summed E-state index contributed by atoms with van der Waals surface area (Å²) in [7, 11) is 1.38. The van der Waals surface area contributed by atoms with Gasteiger partial charge in [-0.1, -0.05) is 30.3 Å². The molecule has 0 aliphatic heterocycles. The lowest BCUT2D eigenvalue weighted by Crippen LogP contribution is -2.30. The Balaban J connectivity index is 1.70. The zero-order chi connectivity index (χ0) is 22.0. The molecule has 0 saturated carbocycles. The molecule has 4 aromatic rings. The third-order valence-electron chi connectivity index (χ3n) is 4.68. The summed E-state index contributed by atoms with van der Waals surface area (Å²) in [6.45, 7) is -0.598. The number of benzene rings is 3. The van der Waals surface area contributed by atoms with Gasteiger partial charge in [-0.15, -0.1) is 0 Å². The van der Waals surface area contributed by atoms with Crippen LogP contribution in [0.1, 0.15) is 10.5 Å². The molecule has 4 rings (SSSR count). The fourth-order valence-electron chi connectivity index (χ4n) is 3.23. The van der Waals surface area contributed by atoms with E-state index in [1.54, 1.807) is 18.2 Å². The molecule has 0 fully saturated rings. The first kappa shape index (κ1) is 20.0. The fraction of sp³-hybridized carbons (Fsp3) is 0.0870. The van der Waals surface area contributed by atoms with Crippen LogP contribution < -0.4 is 14.8 Å². The van der Waals surface area contributed by atoms with Crippen molar-refractivity contribution in [1.82, 2.24) is 10.3 Å². The van der Waals surface area contributed by atoms with Crippen LogP contribution in [-0.4, -0.2) is 40.7 Å². The van der Waals surface area contributed by atoms with Crippen LogP contribution in [0.15, 0.2) is 60.7 Å². The molecule has 0 spiro atoms. The molecule has 0 aliphatic rings. The Kier molecular flexibility index (Phi) is 5.28. The molecule has 3 aromatic carbocycles. The van der Waals surface area contributed by atoms with E-state index in [1.165, 1.54) is 7.11 Å². The molecule has 0 atom stereocenters. The van der Waals surface area contributed by atoms with Gasteiger partial charge in [0.2, 0.25) is 5.88 Å². The van der Waals surface area contributed by atoms with Gasteiger partial charge in [0, 0.05) is 5.39 Å². The van der Waals surface area contributed by atoms with Gasteiger partial charge in [0.25, 0.3) is 5.91 Å². The van der Waals surface area contributed by atoms with Gasteiger partial charge in [0.1, 0.15) is 18.0 Å². The Morgan fingerprint density at radius 2 is 1.68 bits per heavy atom. The van der Waals surface area contributed by atoms with Crippen molar-refractivity contribution in [3.63, 3.8) is 0 Å². The summed E-state index contributed by atoms with van der Waals surface area (Å²) in [6.07, 6.45) is 0. The largest absolute Gasteiger partial charge is 0.505 e. The van der Waals surface area contributed by atoms with Crippen LogP contribution in [0, 0.1) is 0 Å². The number of aliphatic carboxylic acids is 1. The molecular formula is C23H18N2O6. The highest BCUT2D eigenvalue weighted by Crippen LogP contribution is 2.37. The number of methoxy groups -OCH3 is 1. The Hall–Kier alpha value is -4.33. The molecule has 8 nitrogen and oxygen atoms in total. The normalized spacial score (nSPS) is 10.7. The second kappa shape index (κ2) is 8.19. The smallest absolute Gasteiger partial charge is 0.322 e. The zero-order valence-electron chi connectivity index (χ0n) is 16.5. The van der Waals surface area contributed by atoms with Gasteiger partial charge in [-0.3, -0.25) is 9.59 Å². The molecule has 0 bridgehead atoms. The van der Waals surface area contributed by atoms with Crippen molar-refractivity contribution >= 4 is 33.4 Å². The first-order valence-corrected chi connectivity index (χ1v) is 9.33. The number of carbonyl (C=O) groups excluding carboxylic acids is 1. The summed E-state index contributed by atoms with van der Waals surface area (Å²) in [4.78, 5) is 27.0. The molecule has 0 saturated heterocycles. The number of pyridine rings is 1. The van der Waals surface area contributed by atoms with Crippen molar-refractivity contribution < 1.29 is 29.3 Å². The first-order chi connectivity index (χ1) is 15.0. The summed E-state index contributed by atoms with van der Waals surface area (Å²) < 4.78 is 11.3. The van der Waals surface area contributed by atoms with Crippen molar-refractivity contribution in [2.45, 2.75) is 0 Å². The number of carboxylic acids is 1. The SMILES string of the molecule is COc1nc(C(=O)NCC(=O)O)c(O)c2ccc(Oc3ccc4ccccc4c3)cc12. The van der Waals surface area contributed by atoms with E-state index < -0.39 is 18.4 Å². The number of hydrogen-bond acceptors (Lipinski definition) is 6. The van der Waals surface area contributed by atoms with Gasteiger partial charge in [0.05, 0.1) is 12.5 Å². The number of rotatable bonds is 6. The monoisotopic (exact) mass is 418 g/mol. The molecule has 31 heavy (non-hydrogen) atoms. The number of nitrogens with one attached hydrogen (secondary N) is 1. The molecule has 3 N–H and O–H groups in total. The minimum atomic E-state index is -1.21. The maximum atomic E-state index is 12.2. The highest BCUT2D eigenvalue weighted by molar-refractivity contribution is 6.04. The molecular weight excluding hydrogens is 400 g/mol. The second-order valence-corrected chi connectivity index (χ2v) is 6.71. The number of aromatic nitrogens is 1. The van der Waals surface area contributed by atoms with E-state index in [-0.39, 0.29) is 17.3 Å². The van der Waals surface area contributed by atoms with Crippen LogP contribution in [-0.2, 0) is 4.79 Å². The summed E-state index contributed by atoms with van der Waals surface area (Å²) >= 11 is 0. The van der Waals surface area contributed by atoms with Gasteiger partial charge in [-0.05, 0) is 41.1 Å². The lowest BCUT2D eigenvalue weighted by atomic mass is 10.1. The molecule has 0 unspecified atom stereocenters. The molecule has 156 valence electrons. The number of carbonyl (C=O) groups is 2. The van der Waals surface area contributed by atoms with Gasteiger partial charge in [0.15, 0.2) is 11.4 Å². The number of hydrogen-bond donors (Lipinski definition) is 3. The van der Waals surface area contributed by atoms with E-state index in [4.69, 9.17) is 14.6 Å². The summed E-state index contributed by atoms with van der Waals surface area (Å²) in [5.74, 6) is -1.19. The van der Waals surface area contributed by atoms with Crippen LogP contribution >= 0.6 is 0 Å². The average Bonchev–Trinajstić information content (AvgIpc) is 2.77. The number of aromatic hydroxyl groups is 1. The molecule has 1 heterocycles. The fourth-order valence-corrected chi connectivity index (χ4v) is 3.23. The maximum Gasteiger partial charge on any atom is 0.322 e. The van der Waals surface area contributed by atoms with Crippen molar-refractivity contribution in [2.75, 3.05) is 13.7 Å². The van der Waals surface area contributed by atoms with Crippen LogP contribution in [0.2, 0.25) is 0 Å². The highest BCUT2D eigenvalue weighted by atomic mass is 16.5. The third kappa shape index (κ3) is 4.04.